The zero-order valence-electron chi connectivity index (χ0n) is 12.3. The standard InChI is InChI=1S/C15H25N3O/c1-12-9-16-14(17-10-12)18-11-15(2,3)8-13-4-6-19-7-5-13/h9-10,13H,4-8,11H2,1-3H3,(H,16,17,18). The lowest BCUT2D eigenvalue weighted by atomic mass is 9.80. The number of ether oxygens (including phenoxy) is 1. The molecule has 19 heavy (non-hydrogen) atoms. The van der Waals surface area contributed by atoms with Gasteiger partial charge in [-0.05, 0) is 43.1 Å². The van der Waals surface area contributed by atoms with Crippen molar-refractivity contribution in [2.75, 3.05) is 25.1 Å². The van der Waals surface area contributed by atoms with E-state index in [0.29, 0.717) is 0 Å². The van der Waals surface area contributed by atoms with Crippen molar-refractivity contribution < 1.29 is 4.74 Å². The van der Waals surface area contributed by atoms with Gasteiger partial charge in [-0.15, -0.1) is 0 Å². The monoisotopic (exact) mass is 263 g/mol. The molecule has 0 spiro atoms. The van der Waals surface area contributed by atoms with Gasteiger partial charge < -0.3 is 10.1 Å². The summed E-state index contributed by atoms with van der Waals surface area (Å²) in [5.74, 6) is 1.52. The van der Waals surface area contributed by atoms with E-state index < -0.39 is 0 Å². The van der Waals surface area contributed by atoms with Crippen LogP contribution in [0, 0.1) is 18.3 Å². The molecule has 1 aromatic rings. The molecule has 4 heteroatoms. The molecule has 0 aliphatic carbocycles. The van der Waals surface area contributed by atoms with Gasteiger partial charge in [0.25, 0.3) is 0 Å². The molecule has 106 valence electrons. The highest BCUT2D eigenvalue weighted by molar-refractivity contribution is 5.24. The first-order valence-corrected chi connectivity index (χ1v) is 7.15. The van der Waals surface area contributed by atoms with E-state index >= 15 is 0 Å². The van der Waals surface area contributed by atoms with Crippen molar-refractivity contribution >= 4 is 5.95 Å². The van der Waals surface area contributed by atoms with Crippen molar-refractivity contribution in [2.45, 2.75) is 40.0 Å². The number of rotatable bonds is 5. The Kier molecular flexibility index (Phi) is 4.75. The third-order valence-electron chi connectivity index (χ3n) is 3.69. The van der Waals surface area contributed by atoms with Crippen LogP contribution >= 0.6 is 0 Å². The number of aromatic nitrogens is 2. The minimum absolute atomic E-state index is 0.260. The van der Waals surface area contributed by atoms with Crippen LogP contribution in [0.3, 0.4) is 0 Å². The third kappa shape index (κ3) is 4.78. The van der Waals surface area contributed by atoms with E-state index in [9.17, 15) is 0 Å². The van der Waals surface area contributed by atoms with Crippen molar-refractivity contribution in [1.29, 1.82) is 0 Å². The van der Waals surface area contributed by atoms with Gasteiger partial charge in [-0.3, -0.25) is 0 Å². The summed E-state index contributed by atoms with van der Waals surface area (Å²) in [6, 6.07) is 0. The highest BCUT2D eigenvalue weighted by Gasteiger charge is 2.25. The average Bonchev–Trinajstić information content (AvgIpc) is 2.39. The van der Waals surface area contributed by atoms with Crippen LogP contribution in [0.25, 0.3) is 0 Å². The lowest BCUT2D eigenvalue weighted by molar-refractivity contribution is 0.0526. The SMILES string of the molecule is Cc1cnc(NCC(C)(C)CC2CCOCC2)nc1. The molecule has 1 N–H and O–H groups in total. The maximum atomic E-state index is 5.42. The molecule has 0 unspecified atom stereocenters. The van der Waals surface area contributed by atoms with Crippen molar-refractivity contribution in [1.82, 2.24) is 9.97 Å². The van der Waals surface area contributed by atoms with E-state index in [1.165, 1.54) is 19.3 Å². The number of hydrogen-bond donors (Lipinski definition) is 1. The summed E-state index contributed by atoms with van der Waals surface area (Å²) in [5, 5.41) is 3.35. The molecule has 2 rings (SSSR count). The molecule has 1 aliphatic rings. The number of nitrogens with one attached hydrogen (secondary N) is 1. The van der Waals surface area contributed by atoms with E-state index in [4.69, 9.17) is 4.74 Å². The summed E-state index contributed by atoms with van der Waals surface area (Å²) in [6.45, 7) is 9.38. The fourth-order valence-corrected chi connectivity index (χ4v) is 2.61. The Morgan fingerprint density at radius 2 is 1.89 bits per heavy atom. The lowest BCUT2D eigenvalue weighted by Gasteiger charge is -2.32. The number of anilines is 1. The molecule has 0 aromatic carbocycles. The van der Waals surface area contributed by atoms with Gasteiger partial charge in [-0.25, -0.2) is 9.97 Å². The van der Waals surface area contributed by atoms with Crippen LogP contribution in [0.4, 0.5) is 5.95 Å². The smallest absolute Gasteiger partial charge is 0.222 e. The van der Waals surface area contributed by atoms with E-state index in [1.807, 2.05) is 19.3 Å². The van der Waals surface area contributed by atoms with Gasteiger partial charge in [-0.1, -0.05) is 13.8 Å². The van der Waals surface area contributed by atoms with Gasteiger partial charge in [0.2, 0.25) is 5.95 Å². The van der Waals surface area contributed by atoms with Crippen LogP contribution in [0.2, 0.25) is 0 Å². The van der Waals surface area contributed by atoms with Gasteiger partial charge in [0.15, 0.2) is 0 Å². The first-order chi connectivity index (χ1) is 9.05. The van der Waals surface area contributed by atoms with Gasteiger partial charge in [0.1, 0.15) is 0 Å². The van der Waals surface area contributed by atoms with E-state index in [2.05, 4.69) is 29.1 Å². The molecule has 0 atom stereocenters. The molecule has 0 bridgehead atoms. The molecule has 1 saturated heterocycles. The Hall–Kier alpha value is -1.16. The normalized spacial score (nSPS) is 17.4. The van der Waals surface area contributed by atoms with Crippen molar-refractivity contribution in [2.24, 2.45) is 11.3 Å². The molecule has 0 saturated carbocycles. The molecule has 2 heterocycles. The van der Waals surface area contributed by atoms with Crippen LogP contribution < -0.4 is 5.32 Å². The molecule has 1 aliphatic heterocycles. The van der Waals surface area contributed by atoms with Crippen LogP contribution in [0.15, 0.2) is 12.4 Å². The Morgan fingerprint density at radius 3 is 2.53 bits per heavy atom. The van der Waals surface area contributed by atoms with Crippen molar-refractivity contribution in [3.8, 4) is 0 Å². The minimum atomic E-state index is 0.260. The second kappa shape index (κ2) is 6.33. The summed E-state index contributed by atoms with van der Waals surface area (Å²) < 4.78 is 5.42. The average molecular weight is 263 g/mol. The summed E-state index contributed by atoms with van der Waals surface area (Å²) in [5.41, 5.74) is 1.35. The third-order valence-corrected chi connectivity index (χ3v) is 3.69. The molecule has 4 nitrogen and oxygen atoms in total. The molecule has 1 aromatic heterocycles. The highest BCUT2D eigenvalue weighted by atomic mass is 16.5. The fraction of sp³-hybridized carbons (Fsp3) is 0.733. The zero-order valence-corrected chi connectivity index (χ0v) is 12.3. The lowest BCUT2D eigenvalue weighted by Crippen LogP contribution is -2.29. The number of aryl methyl sites for hydroxylation is 1. The first kappa shape index (κ1) is 14.3. The second-order valence-electron chi connectivity index (χ2n) is 6.36. The molecular weight excluding hydrogens is 238 g/mol. The van der Waals surface area contributed by atoms with Gasteiger partial charge >= 0.3 is 0 Å². The Balaban J connectivity index is 1.81. The van der Waals surface area contributed by atoms with Crippen LogP contribution in [0.5, 0.6) is 0 Å². The largest absolute Gasteiger partial charge is 0.381 e. The molecular formula is C15H25N3O. The van der Waals surface area contributed by atoms with Crippen molar-refractivity contribution in [3.05, 3.63) is 18.0 Å². The van der Waals surface area contributed by atoms with Gasteiger partial charge in [0.05, 0.1) is 0 Å². The van der Waals surface area contributed by atoms with Crippen LogP contribution in [0.1, 0.15) is 38.7 Å². The van der Waals surface area contributed by atoms with Crippen molar-refractivity contribution in [3.63, 3.8) is 0 Å². The maximum Gasteiger partial charge on any atom is 0.222 e. The molecule has 1 fully saturated rings. The summed E-state index contributed by atoms with van der Waals surface area (Å²) in [6.07, 6.45) is 7.33. The Bertz CT molecular complexity index is 383. The van der Waals surface area contributed by atoms with Gasteiger partial charge in [0, 0.05) is 32.2 Å². The number of hydrogen-bond acceptors (Lipinski definition) is 4. The Labute approximate surface area is 116 Å². The predicted octanol–water partition coefficient (Wildman–Crippen LogP) is 3.04. The summed E-state index contributed by atoms with van der Waals surface area (Å²) in [7, 11) is 0. The summed E-state index contributed by atoms with van der Waals surface area (Å²) in [4.78, 5) is 8.57. The minimum Gasteiger partial charge on any atom is -0.381 e. The fourth-order valence-electron chi connectivity index (χ4n) is 2.61. The van der Waals surface area contributed by atoms with Gasteiger partial charge in [-0.2, -0.15) is 0 Å². The second-order valence-corrected chi connectivity index (χ2v) is 6.36. The van der Waals surface area contributed by atoms with E-state index in [0.717, 1.165) is 37.2 Å². The maximum absolute atomic E-state index is 5.42. The first-order valence-electron chi connectivity index (χ1n) is 7.15. The number of nitrogens with zero attached hydrogens (tertiary/aromatic N) is 2. The Morgan fingerprint density at radius 1 is 1.26 bits per heavy atom. The molecule has 0 radical (unpaired) electrons. The zero-order chi connectivity index (χ0) is 13.7. The van der Waals surface area contributed by atoms with Crippen LogP contribution in [-0.4, -0.2) is 29.7 Å². The summed E-state index contributed by atoms with van der Waals surface area (Å²) >= 11 is 0. The van der Waals surface area contributed by atoms with E-state index in [-0.39, 0.29) is 5.41 Å². The quantitative estimate of drug-likeness (QED) is 0.887. The highest BCUT2D eigenvalue weighted by Crippen LogP contribution is 2.30. The van der Waals surface area contributed by atoms with Crippen LogP contribution in [-0.2, 0) is 4.74 Å². The van der Waals surface area contributed by atoms with E-state index in [1.54, 1.807) is 0 Å². The topological polar surface area (TPSA) is 47.0 Å². The molecule has 0 amide bonds. The predicted molar refractivity (Wildman–Crippen MR) is 77.2 cm³/mol.